The predicted molar refractivity (Wildman–Crippen MR) is 117 cm³/mol. The highest BCUT2D eigenvalue weighted by Gasteiger charge is 2.38. The average Bonchev–Trinajstić information content (AvgIpc) is 3.29. The topological polar surface area (TPSA) is 56.6 Å². The summed E-state index contributed by atoms with van der Waals surface area (Å²) in [6.07, 6.45) is 0.497. The number of methoxy groups -OCH3 is 1. The van der Waals surface area contributed by atoms with Gasteiger partial charge in [-0.1, -0.05) is 18.2 Å². The number of aromatic nitrogens is 2. The minimum absolute atomic E-state index is 0.0842. The second kappa shape index (κ2) is 8.01. The molecule has 158 valence electrons. The number of hydrogen-bond donors (Lipinski definition) is 0. The zero-order valence-corrected chi connectivity index (χ0v) is 18.1. The summed E-state index contributed by atoms with van der Waals surface area (Å²) in [6.45, 7) is 8.11. The van der Waals surface area contributed by atoms with Gasteiger partial charge < -0.3 is 18.9 Å². The van der Waals surface area contributed by atoms with Crippen molar-refractivity contribution in [1.82, 2.24) is 14.5 Å². The van der Waals surface area contributed by atoms with Gasteiger partial charge in [0.25, 0.3) is 0 Å². The lowest BCUT2D eigenvalue weighted by Gasteiger charge is -2.32. The van der Waals surface area contributed by atoms with Crippen LogP contribution in [0, 0.1) is 0 Å². The van der Waals surface area contributed by atoms with Crippen LogP contribution >= 0.6 is 0 Å². The summed E-state index contributed by atoms with van der Waals surface area (Å²) in [6, 6.07) is 15.7. The van der Waals surface area contributed by atoms with E-state index in [9.17, 15) is 4.79 Å². The standard InChI is InChI=1S/C24H29N3O3/c1-24(2,3)27-16-17(14-22(27)28)23-25-20-10-5-6-11-21(20)26(23)12-13-30-19-9-7-8-18(15-19)29-4/h5-11,15,17H,12-14,16H2,1-4H3. The van der Waals surface area contributed by atoms with E-state index in [0.717, 1.165) is 28.4 Å². The molecule has 1 saturated heterocycles. The fourth-order valence-electron chi connectivity index (χ4n) is 4.12. The third-order valence-corrected chi connectivity index (χ3v) is 5.61. The Labute approximate surface area is 177 Å². The van der Waals surface area contributed by atoms with Gasteiger partial charge in [-0.3, -0.25) is 4.79 Å². The third kappa shape index (κ3) is 3.99. The maximum absolute atomic E-state index is 12.6. The van der Waals surface area contributed by atoms with E-state index in [2.05, 4.69) is 31.4 Å². The van der Waals surface area contributed by atoms with E-state index in [4.69, 9.17) is 14.5 Å². The van der Waals surface area contributed by atoms with Gasteiger partial charge in [0.1, 0.15) is 23.9 Å². The number of benzene rings is 2. The Morgan fingerprint density at radius 2 is 1.87 bits per heavy atom. The molecule has 2 aromatic carbocycles. The van der Waals surface area contributed by atoms with Crippen LogP contribution in [0.3, 0.4) is 0 Å². The van der Waals surface area contributed by atoms with Crippen LogP contribution < -0.4 is 9.47 Å². The van der Waals surface area contributed by atoms with Gasteiger partial charge in [-0.05, 0) is 45.0 Å². The number of para-hydroxylation sites is 2. The van der Waals surface area contributed by atoms with Gasteiger partial charge in [0, 0.05) is 30.5 Å². The molecule has 0 radical (unpaired) electrons. The number of imidazole rings is 1. The molecule has 0 saturated carbocycles. The van der Waals surface area contributed by atoms with Crippen molar-refractivity contribution in [3.8, 4) is 11.5 Å². The maximum atomic E-state index is 12.6. The molecule has 0 N–H and O–H groups in total. The number of carbonyl (C=O) groups excluding carboxylic acids is 1. The van der Waals surface area contributed by atoms with Crippen molar-refractivity contribution in [3.05, 3.63) is 54.4 Å². The molecule has 0 spiro atoms. The lowest BCUT2D eigenvalue weighted by Crippen LogP contribution is -2.42. The van der Waals surface area contributed by atoms with Crippen molar-refractivity contribution in [1.29, 1.82) is 0 Å². The van der Waals surface area contributed by atoms with Crippen molar-refractivity contribution < 1.29 is 14.3 Å². The van der Waals surface area contributed by atoms with E-state index in [0.29, 0.717) is 26.1 Å². The lowest BCUT2D eigenvalue weighted by atomic mass is 10.1. The van der Waals surface area contributed by atoms with E-state index in [1.54, 1.807) is 7.11 Å². The third-order valence-electron chi connectivity index (χ3n) is 5.61. The molecule has 30 heavy (non-hydrogen) atoms. The van der Waals surface area contributed by atoms with Gasteiger partial charge in [-0.15, -0.1) is 0 Å². The molecule has 1 amide bonds. The number of nitrogens with zero attached hydrogens (tertiary/aromatic N) is 3. The Morgan fingerprint density at radius 1 is 1.10 bits per heavy atom. The van der Waals surface area contributed by atoms with Crippen LogP contribution in [0.15, 0.2) is 48.5 Å². The molecule has 0 aliphatic carbocycles. The Hall–Kier alpha value is -3.02. The van der Waals surface area contributed by atoms with E-state index >= 15 is 0 Å². The predicted octanol–water partition coefficient (Wildman–Crippen LogP) is 4.24. The van der Waals surface area contributed by atoms with Crippen molar-refractivity contribution >= 4 is 16.9 Å². The number of rotatable bonds is 6. The number of fused-ring (bicyclic) bond motifs is 1. The second-order valence-electron chi connectivity index (χ2n) is 8.71. The molecule has 1 fully saturated rings. The molecular formula is C24H29N3O3. The fourth-order valence-corrected chi connectivity index (χ4v) is 4.12. The van der Waals surface area contributed by atoms with Crippen LogP contribution in [0.1, 0.15) is 38.9 Å². The van der Waals surface area contributed by atoms with E-state index in [-0.39, 0.29) is 17.4 Å². The first-order valence-corrected chi connectivity index (χ1v) is 10.4. The summed E-state index contributed by atoms with van der Waals surface area (Å²) in [7, 11) is 1.65. The summed E-state index contributed by atoms with van der Waals surface area (Å²) in [4.78, 5) is 19.5. The van der Waals surface area contributed by atoms with Crippen molar-refractivity contribution in [2.45, 2.75) is 45.2 Å². The first kappa shape index (κ1) is 20.3. The molecule has 1 atom stereocenters. The normalized spacial score (nSPS) is 17.0. The zero-order chi connectivity index (χ0) is 21.3. The zero-order valence-electron chi connectivity index (χ0n) is 18.1. The molecule has 4 rings (SSSR count). The van der Waals surface area contributed by atoms with Crippen LogP contribution in [0.2, 0.25) is 0 Å². The van der Waals surface area contributed by atoms with Gasteiger partial charge >= 0.3 is 0 Å². The fraction of sp³-hybridized carbons (Fsp3) is 0.417. The Balaban J connectivity index is 1.57. The van der Waals surface area contributed by atoms with Gasteiger partial charge in [0.05, 0.1) is 24.7 Å². The molecule has 0 bridgehead atoms. The molecule has 1 aromatic heterocycles. The Morgan fingerprint density at radius 3 is 2.60 bits per heavy atom. The minimum Gasteiger partial charge on any atom is -0.497 e. The summed E-state index contributed by atoms with van der Waals surface area (Å²) >= 11 is 0. The van der Waals surface area contributed by atoms with Crippen LogP contribution in [-0.2, 0) is 11.3 Å². The number of likely N-dealkylation sites (tertiary alicyclic amines) is 1. The van der Waals surface area contributed by atoms with E-state index < -0.39 is 0 Å². The highest BCUT2D eigenvalue weighted by Crippen LogP contribution is 2.33. The molecule has 1 aliphatic rings. The lowest BCUT2D eigenvalue weighted by molar-refractivity contribution is -0.131. The first-order chi connectivity index (χ1) is 14.4. The van der Waals surface area contributed by atoms with Crippen LogP contribution in [0.5, 0.6) is 11.5 Å². The summed E-state index contributed by atoms with van der Waals surface area (Å²) in [5.41, 5.74) is 1.84. The van der Waals surface area contributed by atoms with Gasteiger partial charge in [0.15, 0.2) is 0 Å². The molecule has 1 unspecified atom stereocenters. The number of amides is 1. The average molecular weight is 408 g/mol. The Bertz CT molecular complexity index is 1050. The molecular weight excluding hydrogens is 378 g/mol. The Kier molecular flexibility index (Phi) is 5.41. The van der Waals surface area contributed by atoms with E-state index in [1.807, 2.05) is 47.4 Å². The smallest absolute Gasteiger partial charge is 0.223 e. The van der Waals surface area contributed by atoms with Crippen LogP contribution in [0.4, 0.5) is 0 Å². The van der Waals surface area contributed by atoms with Crippen molar-refractivity contribution in [3.63, 3.8) is 0 Å². The highest BCUT2D eigenvalue weighted by atomic mass is 16.5. The van der Waals surface area contributed by atoms with Crippen molar-refractivity contribution in [2.24, 2.45) is 0 Å². The second-order valence-corrected chi connectivity index (χ2v) is 8.71. The van der Waals surface area contributed by atoms with Gasteiger partial charge in [-0.25, -0.2) is 4.98 Å². The van der Waals surface area contributed by atoms with Crippen molar-refractivity contribution in [2.75, 3.05) is 20.3 Å². The number of carbonyl (C=O) groups is 1. The van der Waals surface area contributed by atoms with Crippen LogP contribution in [-0.4, -0.2) is 46.2 Å². The largest absolute Gasteiger partial charge is 0.497 e. The summed E-state index contributed by atoms with van der Waals surface area (Å²) in [5.74, 6) is 2.79. The van der Waals surface area contributed by atoms with E-state index in [1.165, 1.54) is 0 Å². The van der Waals surface area contributed by atoms with Gasteiger partial charge in [0.2, 0.25) is 5.91 Å². The molecule has 3 aromatic rings. The molecule has 6 nitrogen and oxygen atoms in total. The van der Waals surface area contributed by atoms with Crippen LogP contribution in [0.25, 0.3) is 11.0 Å². The quantitative estimate of drug-likeness (QED) is 0.613. The SMILES string of the molecule is COc1cccc(OCCn2c(C3CC(=O)N(C(C)(C)C)C3)nc3ccccc32)c1. The van der Waals surface area contributed by atoms with Gasteiger partial charge in [-0.2, -0.15) is 0 Å². The summed E-state index contributed by atoms with van der Waals surface area (Å²) < 4.78 is 13.5. The number of ether oxygens (including phenoxy) is 2. The monoisotopic (exact) mass is 407 g/mol. The number of hydrogen-bond acceptors (Lipinski definition) is 4. The maximum Gasteiger partial charge on any atom is 0.223 e. The minimum atomic E-state index is -0.182. The summed E-state index contributed by atoms with van der Waals surface area (Å²) in [5, 5.41) is 0. The highest BCUT2D eigenvalue weighted by molar-refractivity contribution is 5.81. The molecule has 1 aliphatic heterocycles. The first-order valence-electron chi connectivity index (χ1n) is 10.4. The molecule has 6 heteroatoms. The molecule has 2 heterocycles.